The van der Waals surface area contributed by atoms with E-state index in [0.29, 0.717) is 9.92 Å². The van der Waals surface area contributed by atoms with E-state index in [1.165, 1.54) is 15.6 Å². The molecular weight excluding hydrogens is 382 g/mol. The van der Waals surface area contributed by atoms with Crippen LogP contribution in [0.1, 0.15) is 10.4 Å². The molecule has 1 heterocycles. The third-order valence-electron chi connectivity index (χ3n) is 2.82. The average molecular weight is 395 g/mol. The van der Waals surface area contributed by atoms with E-state index in [2.05, 4.69) is 15.9 Å². The lowest BCUT2D eigenvalue weighted by molar-refractivity contribution is 0.466. The Morgan fingerprint density at radius 3 is 2.60 bits per heavy atom. The average Bonchev–Trinajstić information content (AvgIpc) is 2.69. The summed E-state index contributed by atoms with van der Waals surface area (Å²) in [5, 5.41) is 0.600. The van der Waals surface area contributed by atoms with Crippen LogP contribution in [0.15, 0.2) is 39.0 Å². The van der Waals surface area contributed by atoms with Crippen molar-refractivity contribution >= 4 is 48.9 Å². The molecule has 0 amide bonds. The van der Waals surface area contributed by atoms with Crippen LogP contribution in [0.4, 0.5) is 0 Å². The van der Waals surface area contributed by atoms with E-state index in [-0.39, 0.29) is 6.54 Å². The molecule has 0 radical (unpaired) electrons. The number of benzene rings is 1. The Morgan fingerprint density at radius 2 is 2.05 bits per heavy atom. The molecule has 2 rings (SSSR count). The van der Waals surface area contributed by atoms with Crippen LogP contribution in [0.25, 0.3) is 0 Å². The molecule has 0 aliphatic heterocycles. The molecule has 3 nitrogen and oxygen atoms in total. The second kappa shape index (κ2) is 6.15. The van der Waals surface area contributed by atoms with Gasteiger partial charge in [-0.05, 0) is 46.6 Å². The third-order valence-corrected chi connectivity index (χ3v) is 6.67. The Kier molecular flexibility index (Phi) is 4.92. The zero-order chi connectivity index (χ0) is 14.9. The maximum absolute atomic E-state index is 12.5. The number of aryl methyl sites for hydroxylation is 1. The number of halogens is 2. The second-order valence-corrected chi connectivity index (χ2v) is 9.45. The molecule has 7 heteroatoms. The molecule has 0 bridgehead atoms. The Morgan fingerprint density at radius 1 is 1.35 bits per heavy atom. The van der Waals surface area contributed by atoms with E-state index in [4.69, 9.17) is 11.6 Å². The number of rotatable bonds is 4. The molecular formula is C13H13BrClNO2S2. The first-order valence-electron chi connectivity index (χ1n) is 5.77. The zero-order valence-corrected chi connectivity index (χ0v) is 14.9. The van der Waals surface area contributed by atoms with Crippen LogP contribution >= 0.6 is 38.9 Å². The summed E-state index contributed by atoms with van der Waals surface area (Å²) >= 11 is 10.6. The highest BCUT2D eigenvalue weighted by atomic mass is 79.9. The first-order valence-corrected chi connectivity index (χ1v) is 9.20. The fraction of sp³-hybridized carbons (Fsp3) is 0.231. The Balaban J connectivity index is 2.28. The summed E-state index contributed by atoms with van der Waals surface area (Å²) in [4.78, 5) is 1.12. The van der Waals surface area contributed by atoms with E-state index >= 15 is 0 Å². The Hall–Kier alpha value is -0.400. The zero-order valence-electron chi connectivity index (χ0n) is 10.9. The molecule has 0 aliphatic carbocycles. The maximum Gasteiger partial charge on any atom is 0.244 e. The van der Waals surface area contributed by atoms with E-state index < -0.39 is 10.0 Å². The summed E-state index contributed by atoms with van der Waals surface area (Å²) in [5.74, 6) is 0. The van der Waals surface area contributed by atoms with Gasteiger partial charge in [0.05, 0.1) is 8.68 Å². The van der Waals surface area contributed by atoms with Crippen LogP contribution in [0.5, 0.6) is 0 Å². The molecule has 0 atom stereocenters. The van der Waals surface area contributed by atoms with Crippen molar-refractivity contribution in [3.05, 3.63) is 49.6 Å². The van der Waals surface area contributed by atoms with Crippen molar-refractivity contribution in [2.45, 2.75) is 18.4 Å². The SMILES string of the molecule is Cc1sc(Br)cc1S(=O)(=O)N(C)Cc1cccc(Cl)c1. The summed E-state index contributed by atoms with van der Waals surface area (Å²) < 4.78 is 27.2. The van der Waals surface area contributed by atoms with Crippen LogP contribution in [0.3, 0.4) is 0 Å². The van der Waals surface area contributed by atoms with Crippen molar-refractivity contribution < 1.29 is 8.42 Å². The van der Waals surface area contributed by atoms with Gasteiger partial charge >= 0.3 is 0 Å². The number of nitrogens with zero attached hydrogens (tertiary/aromatic N) is 1. The lowest BCUT2D eigenvalue weighted by Gasteiger charge is -2.17. The van der Waals surface area contributed by atoms with Crippen LogP contribution in [-0.4, -0.2) is 19.8 Å². The van der Waals surface area contributed by atoms with Gasteiger partial charge in [-0.3, -0.25) is 0 Å². The van der Waals surface area contributed by atoms with Crippen molar-refractivity contribution in [2.75, 3.05) is 7.05 Å². The highest BCUT2D eigenvalue weighted by Crippen LogP contribution is 2.31. The number of thiophene rings is 1. The molecule has 1 aromatic carbocycles. The van der Waals surface area contributed by atoms with Crippen LogP contribution in [0, 0.1) is 6.92 Å². The fourth-order valence-corrected chi connectivity index (χ4v) is 5.58. The molecule has 0 spiro atoms. The Bertz CT molecular complexity index is 728. The first-order chi connectivity index (χ1) is 9.30. The van der Waals surface area contributed by atoms with E-state index in [1.54, 1.807) is 32.2 Å². The summed E-state index contributed by atoms with van der Waals surface area (Å²) in [6.45, 7) is 2.09. The van der Waals surface area contributed by atoms with Gasteiger partial charge < -0.3 is 0 Å². The summed E-state index contributed by atoms with van der Waals surface area (Å²) in [6.07, 6.45) is 0. The van der Waals surface area contributed by atoms with Crippen molar-refractivity contribution in [1.82, 2.24) is 4.31 Å². The van der Waals surface area contributed by atoms with Gasteiger partial charge in [-0.25, -0.2) is 8.42 Å². The van der Waals surface area contributed by atoms with E-state index in [9.17, 15) is 8.42 Å². The van der Waals surface area contributed by atoms with Gasteiger partial charge in [0.15, 0.2) is 0 Å². The van der Waals surface area contributed by atoms with Crippen LogP contribution in [0.2, 0.25) is 5.02 Å². The number of sulfonamides is 1. The summed E-state index contributed by atoms with van der Waals surface area (Å²) in [5.41, 5.74) is 0.857. The van der Waals surface area contributed by atoms with Gasteiger partial charge in [-0.2, -0.15) is 4.31 Å². The lowest BCUT2D eigenvalue weighted by Crippen LogP contribution is -2.26. The standard InChI is InChI=1S/C13H13BrClNO2S2/c1-9-12(7-13(14)19-9)20(17,18)16(2)8-10-4-3-5-11(15)6-10/h3-7H,8H2,1-2H3. The first kappa shape index (κ1) is 16.0. The third kappa shape index (κ3) is 3.43. The topological polar surface area (TPSA) is 37.4 Å². The molecule has 20 heavy (non-hydrogen) atoms. The molecule has 108 valence electrons. The van der Waals surface area contributed by atoms with Gasteiger partial charge in [0, 0.05) is 23.5 Å². The number of hydrogen-bond donors (Lipinski definition) is 0. The van der Waals surface area contributed by atoms with Crippen molar-refractivity contribution in [2.24, 2.45) is 0 Å². The highest BCUT2D eigenvalue weighted by molar-refractivity contribution is 9.11. The molecule has 0 fully saturated rings. The fourth-order valence-electron chi connectivity index (χ4n) is 1.83. The minimum Gasteiger partial charge on any atom is -0.207 e. The molecule has 0 unspecified atom stereocenters. The highest BCUT2D eigenvalue weighted by Gasteiger charge is 2.24. The van der Waals surface area contributed by atoms with Gasteiger partial charge in [-0.15, -0.1) is 11.3 Å². The molecule has 0 N–H and O–H groups in total. The van der Waals surface area contributed by atoms with Crippen molar-refractivity contribution in [1.29, 1.82) is 0 Å². The van der Waals surface area contributed by atoms with Crippen LogP contribution < -0.4 is 0 Å². The predicted molar refractivity (Wildman–Crippen MR) is 86.9 cm³/mol. The Labute approximate surface area is 136 Å². The minimum absolute atomic E-state index is 0.287. The van der Waals surface area contributed by atoms with Crippen molar-refractivity contribution in [3.8, 4) is 0 Å². The molecule has 0 saturated carbocycles. The minimum atomic E-state index is -3.49. The smallest absolute Gasteiger partial charge is 0.207 e. The van der Waals surface area contributed by atoms with Crippen LogP contribution in [-0.2, 0) is 16.6 Å². The van der Waals surface area contributed by atoms with Gasteiger partial charge in [-0.1, -0.05) is 23.7 Å². The molecule has 1 aromatic heterocycles. The van der Waals surface area contributed by atoms with E-state index in [1.807, 2.05) is 12.1 Å². The quantitative estimate of drug-likeness (QED) is 0.775. The molecule has 2 aromatic rings. The van der Waals surface area contributed by atoms with Gasteiger partial charge in [0.25, 0.3) is 0 Å². The second-order valence-electron chi connectivity index (χ2n) is 4.36. The van der Waals surface area contributed by atoms with Gasteiger partial charge in [0.1, 0.15) is 0 Å². The van der Waals surface area contributed by atoms with Crippen molar-refractivity contribution in [3.63, 3.8) is 0 Å². The monoisotopic (exact) mass is 393 g/mol. The summed E-state index contributed by atoms with van der Waals surface area (Å²) in [7, 11) is -1.92. The summed E-state index contributed by atoms with van der Waals surface area (Å²) in [6, 6.07) is 8.84. The molecule has 0 saturated heterocycles. The maximum atomic E-state index is 12.5. The normalized spacial score (nSPS) is 12.1. The van der Waals surface area contributed by atoms with E-state index in [0.717, 1.165) is 14.2 Å². The van der Waals surface area contributed by atoms with Gasteiger partial charge in [0.2, 0.25) is 10.0 Å². The molecule has 0 aliphatic rings. The lowest BCUT2D eigenvalue weighted by atomic mass is 10.2. The largest absolute Gasteiger partial charge is 0.244 e. The predicted octanol–water partition coefficient (Wildman–Crippen LogP) is 4.29. The number of hydrogen-bond acceptors (Lipinski definition) is 3.